The molecule has 4 nitrogen and oxygen atoms in total. The van der Waals surface area contributed by atoms with Crippen molar-refractivity contribution in [2.45, 2.75) is 24.9 Å². The third-order valence-corrected chi connectivity index (χ3v) is 3.09. The molecule has 1 aliphatic rings. The SMILES string of the molecule is COC1(Cc2ccncn2)CCNCC1. The smallest absolute Gasteiger partial charge is 0.115 e. The number of piperidine rings is 1. The predicted molar refractivity (Wildman–Crippen MR) is 57.6 cm³/mol. The first-order valence-corrected chi connectivity index (χ1v) is 5.35. The van der Waals surface area contributed by atoms with E-state index in [0.29, 0.717) is 0 Å². The van der Waals surface area contributed by atoms with Crippen molar-refractivity contribution in [2.75, 3.05) is 20.2 Å². The Balaban J connectivity index is 2.07. The van der Waals surface area contributed by atoms with Crippen molar-refractivity contribution in [2.24, 2.45) is 0 Å². The monoisotopic (exact) mass is 207 g/mol. The van der Waals surface area contributed by atoms with Crippen molar-refractivity contribution < 1.29 is 4.74 Å². The fourth-order valence-corrected chi connectivity index (χ4v) is 2.09. The molecule has 0 radical (unpaired) electrons. The summed E-state index contributed by atoms with van der Waals surface area (Å²) in [5.74, 6) is 0. The molecule has 0 atom stereocenters. The molecule has 1 N–H and O–H groups in total. The highest BCUT2D eigenvalue weighted by Crippen LogP contribution is 2.25. The van der Waals surface area contributed by atoms with Crippen LogP contribution in [0.4, 0.5) is 0 Å². The number of ether oxygens (including phenoxy) is 1. The lowest BCUT2D eigenvalue weighted by Gasteiger charge is -2.36. The number of nitrogens with one attached hydrogen (secondary N) is 1. The highest BCUT2D eigenvalue weighted by molar-refractivity contribution is 5.04. The van der Waals surface area contributed by atoms with E-state index in [0.717, 1.165) is 38.0 Å². The van der Waals surface area contributed by atoms with E-state index in [-0.39, 0.29) is 5.60 Å². The van der Waals surface area contributed by atoms with Crippen molar-refractivity contribution in [3.05, 3.63) is 24.3 Å². The zero-order valence-corrected chi connectivity index (χ0v) is 9.07. The van der Waals surface area contributed by atoms with Crippen LogP contribution in [-0.2, 0) is 11.2 Å². The largest absolute Gasteiger partial charge is 0.378 e. The zero-order chi connectivity index (χ0) is 10.6. The molecule has 0 spiro atoms. The van der Waals surface area contributed by atoms with E-state index in [1.165, 1.54) is 0 Å². The molecule has 0 saturated carbocycles. The maximum Gasteiger partial charge on any atom is 0.115 e. The molecule has 0 amide bonds. The maximum atomic E-state index is 5.68. The molecule has 0 aliphatic carbocycles. The molecule has 0 unspecified atom stereocenters. The highest BCUT2D eigenvalue weighted by Gasteiger charge is 2.32. The van der Waals surface area contributed by atoms with Gasteiger partial charge in [-0.3, -0.25) is 0 Å². The minimum absolute atomic E-state index is 0.0282. The molecular formula is C11H17N3O. The van der Waals surface area contributed by atoms with Gasteiger partial charge in [-0.15, -0.1) is 0 Å². The number of hydrogen-bond acceptors (Lipinski definition) is 4. The van der Waals surface area contributed by atoms with Crippen LogP contribution in [0.1, 0.15) is 18.5 Å². The number of methoxy groups -OCH3 is 1. The molecule has 1 fully saturated rings. The molecule has 1 aliphatic heterocycles. The Morgan fingerprint density at radius 1 is 1.47 bits per heavy atom. The molecule has 2 rings (SSSR count). The molecule has 82 valence electrons. The second-order valence-electron chi connectivity index (χ2n) is 4.01. The molecule has 2 heterocycles. The van der Waals surface area contributed by atoms with Gasteiger partial charge in [-0.05, 0) is 32.0 Å². The Morgan fingerprint density at radius 2 is 2.27 bits per heavy atom. The van der Waals surface area contributed by atoms with Crippen molar-refractivity contribution in [1.82, 2.24) is 15.3 Å². The summed E-state index contributed by atoms with van der Waals surface area (Å²) in [5, 5.41) is 3.35. The van der Waals surface area contributed by atoms with E-state index >= 15 is 0 Å². The Morgan fingerprint density at radius 3 is 2.87 bits per heavy atom. The van der Waals surface area contributed by atoms with Crippen LogP contribution >= 0.6 is 0 Å². The van der Waals surface area contributed by atoms with E-state index in [2.05, 4.69) is 15.3 Å². The van der Waals surface area contributed by atoms with Crippen molar-refractivity contribution in [3.8, 4) is 0 Å². The minimum Gasteiger partial charge on any atom is -0.378 e. The number of rotatable bonds is 3. The molecule has 4 heteroatoms. The van der Waals surface area contributed by atoms with E-state index in [9.17, 15) is 0 Å². The van der Waals surface area contributed by atoms with Crippen LogP contribution < -0.4 is 5.32 Å². The zero-order valence-electron chi connectivity index (χ0n) is 9.07. The van der Waals surface area contributed by atoms with Gasteiger partial charge in [-0.1, -0.05) is 0 Å². The van der Waals surface area contributed by atoms with Gasteiger partial charge < -0.3 is 10.1 Å². The van der Waals surface area contributed by atoms with Gasteiger partial charge in [0.25, 0.3) is 0 Å². The molecule has 0 aromatic carbocycles. The fourth-order valence-electron chi connectivity index (χ4n) is 2.09. The Bertz CT molecular complexity index is 296. The highest BCUT2D eigenvalue weighted by atomic mass is 16.5. The van der Waals surface area contributed by atoms with E-state index in [1.54, 1.807) is 19.6 Å². The van der Waals surface area contributed by atoms with Crippen LogP contribution in [0, 0.1) is 0 Å². The predicted octanol–water partition coefficient (Wildman–Crippen LogP) is 0.788. The lowest BCUT2D eigenvalue weighted by Crippen LogP contribution is -2.45. The van der Waals surface area contributed by atoms with Crippen LogP contribution in [-0.4, -0.2) is 35.8 Å². The van der Waals surface area contributed by atoms with Crippen molar-refractivity contribution >= 4 is 0 Å². The van der Waals surface area contributed by atoms with Crippen LogP contribution in [0.2, 0.25) is 0 Å². The molecule has 1 aromatic rings. The Hall–Kier alpha value is -1.00. The van der Waals surface area contributed by atoms with Gasteiger partial charge in [0.05, 0.1) is 5.60 Å². The lowest BCUT2D eigenvalue weighted by molar-refractivity contribution is -0.0340. The topological polar surface area (TPSA) is 47.0 Å². The Labute approximate surface area is 90.1 Å². The summed E-state index contributed by atoms with van der Waals surface area (Å²) in [6.45, 7) is 2.05. The van der Waals surface area contributed by atoms with E-state index in [1.807, 2.05) is 6.07 Å². The minimum atomic E-state index is -0.0282. The van der Waals surface area contributed by atoms with Crippen LogP contribution in [0.25, 0.3) is 0 Å². The van der Waals surface area contributed by atoms with Gasteiger partial charge in [0.1, 0.15) is 6.33 Å². The van der Waals surface area contributed by atoms with Gasteiger partial charge in [0.15, 0.2) is 0 Å². The standard InChI is InChI=1S/C11H17N3O/c1-15-11(3-6-12-7-4-11)8-10-2-5-13-9-14-10/h2,5,9,12H,3-4,6-8H2,1H3. The van der Waals surface area contributed by atoms with Gasteiger partial charge >= 0.3 is 0 Å². The third-order valence-electron chi connectivity index (χ3n) is 3.09. The second kappa shape index (κ2) is 4.68. The molecule has 1 saturated heterocycles. The Kier molecular flexibility index (Phi) is 3.28. The van der Waals surface area contributed by atoms with Crippen LogP contribution in [0.3, 0.4) is 0 Å². The molecular weight excluding hydrogens is 190 g/mol. The summed E-state index contributed by atoms with van der Waals surface area (Å²) < 4.78 is 5.68. The summed E-state index contributed by atoms with van der Waals surface area (Å²) in [6, 6.07) is 1.96. The summed E-state index contributed by atoms with van der Waals surface area (Å²) >= 11 is 0. The number of hydrogen-bond donors (Lipinski definition) is 1. The third kappa shape index (κ3) is 2.52. The van der Waals surface area contributed by atoms with Crippen molar-refractivity contribution in [3.63, 3.8) is 0 Å². The van der Waals surface area contributed by atoms with Gasteiger partial charge in [-0.25, -0.2) is 9.97 Å². The van der Waals surface area contributed by atoms with Gasteiger partial charge in [-0.2, -0.15) is 0 Å². The molecule has 1 aromatic heterocycles. The average molecular weight is 207 g/mol. The van der Waals surface area contributed by atoms with E-state index in [4.69, 9.17) is 4.74 Å². The fraction of sp³-hybridized carbons (Fsp3) is 0.636. The maximum absolute atomic E-state index is 5.68. The number of nitrogens with zero attached hydrogens (tertiary/aromatic N) is 2. The summed E-state index contributed by atoms with van der Waals surface area (Å²) in [4.78, 5) is 8.18. The summed E-state index contributed by atoms with van der Waals surface area (Å²) in [6.07, 6.45) is 6.36. The number of aromatic nitrogens is 2. The normalized spacial score (nSPS) is 20.1. The summed E-state index contributed by atoms with van der Waals surface area (Å²) in [7, 11) is 1.80. The first-order chi connectivity index (χ1) is 7.35. The van der Waals surface area contributed by atoms with Crippen LogP contribution in [0.15, 0.2) is 18.6 Å². The first-order valence-electron chi connectivity index (χ1n) is 5.35. The first kappa shape index (κ1) is 10.5. The van der Waals surface area contributed by atoms with Gasteiger partial charge in [0, 0.05) is 25.4 Å². The van der Waals surface area contributed by atoms with E-state index < -0.39 is 0 Å². The molecule has 15 heavy (non-hydrogen) atoms. The van der Waals surface area contributed by atoms with Crippen LogP contribution in [0.5, 0.6) is 0 Å². The average Bonchev–Trinajstić information content (AvgIpc) is 2.32. The second-order valence-corrected chi connectivity index (χ2v) is 4.01. The van der Waals surface area contributed by atoms with Crippen molar-refractivity contribution in [1.29, 1.82) is 0 Å². The summed E-state index contributed by atoms with van der Waals surface area (Å²) in [5.41, 5.74) is 1.04. The van der Waals surface area contributed by atoms with Gasteiger partial charge in [0.2, 0.25) is 0 Å². The quantitative estimate of drug-likeness (QED) is 0.796. The molecule has 0 bridgehead atoms. The lowest BCUT2D eigenvalue weighted by atomic mass is 9.87.